The molecular formula is C21H19BrN2O5. The van der Waals surface area contributed by atoms with E-state index in [4.69, 9.17) is 9.15 Å². The summed E-state index contributed by atoms with van der Waals surface area (Å²) in [6, 6.07) is 12.8. The number of furan rings is 1. The van der Waals surface area contributed by atoms with Gasteiger partial charge in [0.2, 0.25) is 5.91 Å². The van der Waals surface area contributed by atoms with Gasteiger partial charge in [-0.1, -0.05) is 24.3 Å². The summed E-state index contributed by atoms with van der Waals surface area (Å²) in [4.78, 5) is 35.7. The highest BCUT2D eigenvalue weighted by atomic mass is 79.9. The van der Waals surface area contributed by atoms with Crippen molar-refractivity contribution >= 4 is 50.4 Å². The van der Waals surface area contributed by atoms with E-state index in [1.807, 2.05) is 31.2 Å². The molecule has 29 heavy (non-hydrogen) atoms. The Bertz CT molecular complexity index is 1060. The fourth-order valence-electron chi connectivity index (χ4n) is 2.67. The summed E-state index contributed by atoms with van der Waals surface area (Å²) in [7, 11) is 0. The van der Waals surface area contributed by atoms with E-state index in [0.717, 1.165) is 15.4 Å². The predicted molar refractivity (Wildman–Crippen MR) is 111 cm³/mol. The maximum Gasteiger partial charge on any atom is 0.310 e. The van der Waals surface area contributed by atoms with E-state index < -0.39 is 24.4 Å². The van der Waals surface area contributed by atoms with Gasteiger partial charge in [-0.05, 0) is 46.6 Å². The molecule has 0 bridgehead atoms. The van der Waals surface area contributed by atoms with Crippen LogP contribution in [0.1, 0.15) is 11.1 Å². The van der Waals surface area contributed by atoms with Crippen molar-refractivity contribution in [3.05, 3.63) is 64.3 Å². The molecule has 0 radical (unpaired) electrons. The summed E-state index contributed by atoms with van der Waals surface area (Å²) in [5.74, 6) is -1.51. The Morgan fingerprint density at radius 1 is 1.10 bits per heavy atom. The number of carbonyl (C=O) groups is 3. The van der Waals surface area contributed by atoms with E-state index in [9.17, 15) is 14.4 Å². The third-order valence-corrected chi connectivity index (χ3v) is 4.80. The van der Waals surface area contributed by atoms with E-state index in [2.05, 4.69) is 26.6 Å². The van der Waals surface area contributed by atoms with Crippen LogP contribution in [0.5, 0.6) is 0 Å². The quantitative estimate of drug-likeness (QED) is 0.529. The molecule has 0 atom stereocenters. The minimum atomic E-state index is -0.562. The lowest BCUT2D eigenvalue weighted by atomic mass is 10.1. The molecule has 0 aliphatic heterocycles. The van der Waals surface area contributed by atoms with Crippen LogP contribution in [0.4, 0.5) is 5.69 Å². The SMILES string of the molecule is Cc1ccc2c(CC(=O)OCC(=O)NCC(=O)Nc3ccccc3Br)coc2c1. The number of amides is 2. The van der Waals surface area contributed by atoms with Crippen LogP contribution in [-0.2, 0) is 25.5 Å². The molecule has 0 spiro atoms. The molecule has 0 fully saturated rings. The van der Waals surface area contributed by atoms with Crippen LogP contribution < -0.4 is 10.6 Å². The number of carbonyl (C=O) groups excluding carboxylic acids is 3. The Balaban J connectivity index is 1.42. The second-order valence-corrected chi connectivity index (χ2v) is 7.26. The molecular weight excluding hydrogens is 440 g/mol. The molecule has 1 heterocycles. The number of aryl methyl sites for hydroxylation is 1. The van der Waals surface area contributed by atoms with E-state index in [-0.39, 0.29) is 13.0 Å². The van der Waals surface area contributed by atoms with Crippen molar-refractivity contribution in [2.75, 3.05) is 18.5 Å². The smallest absolute Gasteiger partial charge is 0.310 e. The molecule has 0 aliphatic carbocycles. The van der Waals surface area contributed by atoms with Gasteiger partial charge < -0.3 is 19.8 Å². The third kappa shape index (κ3) is 5.68. The molecule has 1 aromatic heterocycles. The highest BCUT2D eigenvalue weighted by molar-refractivity contribution is 9.10. The first-order valence-corrected chi connectivity index (χ1v) is 9.65. The van der Waals surface area contributed by atoms with E-state index in [0.29, 0.717) is 16.8 Å². The van der Waals surface area contributed by atoms with Gasteiger partial charge in [-0.2, -0.15) is 0 Å². The number of fused-ring (bicyclic) bond motifs is 1. The van der Waals surface area contributed by atoms with Crippen LogP contribution in [-0.4, -0.2) is 30.9 Å². The van der Waals surface area contributed by atoms with Gasteiger partial charge in [0, 0.05) is 15.4 Å². The molecule has 7 nitrogen and oxygen atoms in total. The van der Waals surface area contributed by atoms with E-state index >= 15 is 0 Å². The lowest BCUT2D eigenvalue weighted by Gasteiger charge is -2.08. The minimum Gasteiger partial charge on any atom is -0.464 e. The molecule has 0 unspecified atom stereocenters. The van der Waals surface area contributed by atoms with Crippen LogP contribution in [0, 0.1) is 6.92 Å². The van der Waals surface area contributed by atoms with Crippen molar-refractivity contribution in [1.29, 1.82) is 0 Å². The van der Waals surface area contributed by atoms with Crippen LogP contribution in [0.15, 0.2) is 57.6 Å². The third-order valence-electron chi connectivity index (χ3n) is 4.10. The number of benzene rings is 2. The van der Waals surface area contributed by atoms with Crippen molar-refractivity contribution in [1.82, 2.24) is 5.32 Å². The fraction of sp³-hybridized carbons (Fsp3) is 0.190. The Hall–Kier alpha value is -3.13. The van der Waals surface area contributed by atoms with Gasteiger partial charge in [-0.25, -0.2) is 0 Å². The lowest BCUT2D eigenvalue weighted by molar-refractivity contribution is -0.147. The number of hydrogen-bond donors (Lipinski definition) is 2. The zero-order valence-electron chi connectivity index (χ0n) is 15.7. The Kier molecular flexibility index (Phi) is 6.66. The average molecular weight is 459 g/mol. The van der Waals surface area contributed by atoms with Crippen molar-refractivity contribution in [2.45, 2.75) is 13.3 Å². The Labute approximate surface area is 175 Å². The van der Waals surface area contributed by atoms with Crippen LogP contribution in [0.25, 0.3) is 11.0 Å². The normalized spacial score (nSPS) is 10.6. The van der Waals surface area contributed by atoms with Crippen molar-refractivity contribution < 1.29 is 23.5 Å². The summed E-state index contributed by atoms with van der Waals surface area (Å²) in [5.41, 5.74) is 3.04. The number of anilines is 1. The van der Waals surface area contributed by atoms with Crippen molar-refractivity contribution in [3.8, 4) is 0 Å². The molecule has 3 aromatic rings. The molecule has 0 saturated carbocycles. The number of halogens is 1. The van der Waals surface area contributed by atoms with Crippen molar-refractivity contribution in [2.24, 2.45) is 0 Å². The van der Waals surface area contributed by atoms with Gasteiger partial charge in [-0.15, -0.1) is 0 Å². The summed E-state index contributed by atoms with van der Waals surface area (Å²) >= 11 is 3.32. The predicted octanol–water partition coefficient (Wildman–Crippen LogP) is 3.34. The topological polar surface area (TPSA) is 97.6 Å². The summed E-state index contributed by atoms with van der Waals surface area (Å²) in [6.07, 6.45) is 1.50. The highest BCUT2D eigenvalue weighted by Crippen LogP contribution is 2.23. The van der Waals surface area contributed by atoms with Crippen LogP contribution in [0.3, 0.4) is 0 Å². The second kappa shape index (κ2) is 9.38. The standard InChI is InChI=1S/C21H19BrN2O5/c1-13-6-7-15-14(11-28-18(15)8-13)9-21(27)29-12-20(26)23-10-19(25)24-17-5-3-2-4-16(17)22/h2-8,11H,9-10,12H2,1H3,(H,23,26)(H,24,25). The van der Waals surface area contributed by atoms with E-state index in [1.165, 1.54) is 6.26 Å². The van der Waals surface area contributed by atoms with Crippen LogP contribution in [0.2, 0.25) is 0 Å². The number of esters is 1. The summed E-state index contributed by atoms with van der Waals surface area (Å²) in [5, 5.41) is 5.91. The number of hydrogen-bond acceptors (Lipinski definition) is 5. The Morgan fingerprint density at radius 2 is 1.90 bits per heavy atom. The van der Waals surface area contributed by atoms with Gasteiger partial charge in [0.05, 0.1) is 24.9 Å². The maximum absolute atomic E-state index is 12.0. The van der Waals surface area contributed by atoms with Gasteiger partial charge in [0.15, 0.2) is 6.61 Å². The number of rotatable bonds is 7. The lowest BCUT2D eigenvalue weighted by Crippen LogP contribution is -2.35. The summed E-state index contributed by atoms with van der Waals surface area (Å²) < 4.78 is 11.2. The summed E-state index contributed by atoms with van der Waals surface area (Å²) in [6.45, 7) is 1.26. The minimum absolute atomic E-state index is 0.00807. The average Bonchev–Trinajstić information content (AvgIpc) is 3.08. The monoisotopic (exact) mass is 458 g/mol. The highest BCUT2D eigenvalue weighted by Gasteiger charge is 2.14. The van der Waals surface area contributed by atoms with E-state index in [1.54, 1.807) is 18.2 Å². The molecule has 150 valence electrons. The first kappa shape index (κ1) is 20.6. The Morgan fingerprint density at radius 3 is 2.69 bits per heavy atom. The number of para-hydroxylation sites is 1. The first-order chi connectivity index (χ1) is 13.9. The van der Waals surface area contributed by atoms with Gasteiger partial charge in [-0.3, -0.25) is 14.4 Å². The molecule has 2 amide bonds. The molecule has 0 saturated heterocycles. The van der Waals surface area contributed by atoms with Gasteiger partial charge in [0.25, 0.3) is 5.91 Å². The molecule has 0 aliphatic rings. The number of ether oxygens (including phenoxy) is 1. The zero-order chi connectivity index (χ0) is 20.8. The second-order valence-electron chi connectivity index (χ2n) is 6.40. The van der Waals surface area contributed by atoms with Gasteiger partial charge >= 0.3 is 5.97 Å². The molecule has 8 heteroatoms. The molecule has 2 N–H and O–H groups in total. The largest absolute Gasteiger partial charge is 0.464 e. The molecule has 2 aromatic carbocycles. The van der Waals surface area contributed by atoms with Crippen LogP contribution >= 0.6 is 15.9 Å². The first-order valence-electron chi connectivity index (χ1n) is 8.86. The number of nitrogens with one attached hydrogen (secondary N) is 2. The zero-order valence-corrected chi connectivity index (χ0v) is 17.2. The van der Waals surface area contributed by atoms with Gasteiger partial charge in [0.1, 0.15) is 5.58 Å². The molecule has 3 rings (SSSR count). The van der Waals surface area contributed by atoms with Crippen molar-refractivity contribution in [3.63, 3.8) is 0 Å². The maximum atomic E-state index is 12.0. The fourth-order valence-corrected chi connectivity index (χ4v) is 3.05.